The van der Waals surface area contributed by atoms with Gasteiger partial charge in [0.05, 0.1) is 0 Å². The first-order valence-corrected chi connectivity index (χ1v) is 5.94. The third-order valence-corrected chi connectivity index (χ3v) is 3.00. The lowest BCUT2D eigenvalue weighted by Crippen LogP contribution is -2.00. The molecule has 0 heterocycles. The fourth-order valence-electron chi connectivity index (χ4n) is 1.92. The number of rotatable bonds is 4. The van der Waals surface area contributed by atoms with Crippen LogP contribution in [0.4, 0.5) is 0 Å². The van der Waals surface area contributed by atoms with Gasteiger partial charge in [-0.3, -0.25) is 4.79 Å². The van der Waals surface area contributed by atoms with E-state index in [1.807, 2.05) is 56.3 Å². The van der Waals surface area contributed by atoms with Crippen LogP contribution in [0.2, 0.25) is 0 Å². The smallest absolute Gasteiger partial charge is 0.150 e. The van der Waals surface area contributed by atoms with Gasteiger partial charge in [-0.15, -0.1) is 0 Å². The summed E-state index contributed by atoms with van der Waals surface area (Å²) in [5.41, 5.74) is 3.76. The van der Waals surface area contributed by atoms with Crippen molar-refractivity contribution < 1.29 is 9.53 Å². The second-order valence-electron chi connectivity index (χ2n) is 4.32. The number of benzene rings is 2. The molecule has 0 N–H and O–H groups in total. The van der Waals surface area contributed by atoms with Gasteiger partial charge in [-0.1, -0.05) is 42.5 Å². The number of carbonyl (C=O) groups excluding carboxylic acids is 1. The second-order valence-corrected chi connectivity index (χ2v) is 4.32. The molecule has 0 saturated carbocycles. The Morgan fingerprint density at radius 1 is 1.06 bits per heavy atom. The van der Waals surface area contributed by atoms with Crippen molar-refractivity contribution in [2.75, 3.05) is 0 Å². The molecule has 0 aliphatic heterocycles. The molecule has 2 aromatic rings. The van der Waals surface area contributed by atoms with Gasteiger partial charge in [0.15, 0.2) is 0 Å². The zero-order chi connectivity index (χ0) is 13.0. The highest BCUT2D eigenvalue weighted by molar-refractivity contribution is 5.79. The number of carbonyl (C=O) groups is 1. The van der Waals surface area contributed by atoms with Gasteiger partial charge in [0, 0.05) is 11.1 Å². The van der Waals surface area contributed by atoms with E-state index in [9.17, 15) is 4.79 Å². The van der Waals surface area contributed by atoms with Gasteiger partial charge in [-0.25, -0.2) is 0 Å². The van der Waals surface area contributed by atoms with Crippen LogP contribution in [-0.4, -0.2) is 6.29 Å². The molecule has 0 aliphatic carbocycles. The molecule has 0 fully saturated rings. The van der Waals surface area contributed by atoms with Gasteiger partial charge in [0.25, 0.3) is 0 Å². The summed E-state index contributed by atoms with van der Waals surface area (Å²) in [5.74, 6) is 0.809. The molecular formula is C16H16O2. The minimum absolute atomic E-state index is 0.519. The summed E-state index contributed by atoms with van der Waals surface area (Å²) < 4.78 is 5.84. The maximum atomic E-state index is 10.9. The SMILES string of the molecule is Cc1ccc(C=O)c(C)c1OCc1ccccc1. The zero-order valence-electron chi connectivity index (χ0n) is 10.6. The van der Waals surface area contributed by atoms with Crippen molar-refractivity contribution in [3.05, 3.63) is 64.7 Å². The van der Waals surface area contributed by atoms with Crippen LogP contribution in [0.5, 0.6) is 5.75 Å². The topological polar surface area (TPSA) is 26.3 Å². The first kappa shape index (κ1) is 12.4. The van der Waals surface area contributed by atoms with Gasteiger partial charge < -0.3 is 4.74 Å². The molecule has 0 saturated heterocycles. The Bertz CT molecular complexity index is 545. The maximum Gasteiger partial charge on any atom is 0.150 e. The Morgan fingerprint density at radius 2 is 1.78 bits per heavy atom. The summed E-state index contributed by atoms with van der Waals surface area (Å²) in [6, 6.07) is 13.7. The predicted octanol–water partition coefficient (Wildman–Crippen LogP) is 3.69. The third-order valence-electron chi connectivity index (χ3n) is 3.00. The van der Waals surface area contributed by atoms with Crippen molar-refractivity contribution in [2.45, 2.75) is 20.5 Å². The van der Waals surface area contributed by atoms with Crippen LogP contribution in [0.3, 0.4) is 0 Å². The second kappa shape index (κ2) is 5.50. The van der Waals surface area contributed by atoms with E-state index >= 15 is 0 Å². The van der Waals surface area contributed by atoms with E-state index in [4.69, 9.17) is 4.74 Å². The van der Waals surface area contributed by atoms with Crippen LogP contribution < -0.4 is 4.74 Å². The van der Waals surface area contributed by atoms with Crippen LogP contribution in [0, 0.1) is 13.8 Å². The summed E-state index contributed by atoms with van der Waals surface area (Å²) in [7, 11) is 0. The first-order valence-electron chi connectivity index (χ1n) is 5.94. The molecule has 0 radical (unpaired) electrons. The van der Waals surface area contributed by atoms with Gasteiger partial charge in [-0.05, 0) is 25.0 Å². The molecule has 0 bridgehead atoms. The van der Waals surface area contributed by atoms with Crippen molar-refractivity contribution in [3.8, 4) is 5.75 Å². The molecule has 0 amide bonds. The van der Waals surface area contributed by atoms with Crippen LogP contribution >= 0.6 is 0 Å². The van der Waals surface area contributed by atoms with E-state index < -0.39 is 0 Å². The van der Waals surface area contributed by atoms with E-state index in [0.29, 0.717) is 12.2 Å². The first-order chi connectivity index (χ1) is 8.72. The number of ether oxygens (including phenoxy) is 1. The fraction of sp³-hybridized carbons (Fsp3) is 0.188. The monoisotopic (exact) mass is 240 g/mol. The van der Waals surface area contributed by atoms with Gasteiger partial charge >= 0.3 is 0 Å². The number of hydrogen-bond acceptors (Lipinski definition) is 2. The lowest BCUT2D eigenvalue weighted by atomic mass is 10.1. The Balaban J connectivity index is 2.21. The average molecular weight is 240 g/mol. The third kappa shape index (κ3) is 2.59. The summed E-state index contributed by atoms with van der Waals surface area (Å²) in [4.78, 5) is 10.9. The molecule has 2 rings (SSSR count). The number of aldehydes is 1. The highest BCUT2D eigenvalue weighted by atomic mass is 16.5. The normalized spacial score (nSPS) is 10.1. The molecule has 18 heavy (non-hydrogen) atoms. The fourth-order valence-corrected chi connectivity index (χ4v) is 1.92. The largest absolute Gasteiger partial charge is 0.488 e. The van der Waals surface area contributed by atoms with Crippen molar-refractivity contribution >= 4 is 6.29 Å². The standard InChI is InChI=1S/C16H16O2/c1-12-8-9-15(10-17)13(2)16(12)18-11-14-6-4-3-5-7-14/h3-10H,11H2,1-2H3. The quantitative estimate of drug-likeness (QED) is 0.762. The Kier molecular flexibility index (Phi) is 3.78. The van der Waals surface area contributed by atoms with Gasteiger partial charge in [0.1, 0.15) is 18.6 Å². The molecule has 0 unspecified atom stereocenters. The molecule has 92 valence electrons. The van der Waals surface area contributed by atoms with E-state index in [-0.39, 0.29) is 0 Å². The van der Waals surface area contributed by atoms with Crippen LogP contribution in [-0.2, 0) is 6.61 Å². The molecule has 2 aromatic carbocycles. The molecule has 2 nitrogen and oxygen atoms in total. The van der Waals surface area contributed by atoms with Crippen molar-refractivity contribution in [3.63, 3.8) is 0 Å². The van der Waals surface area contributed by atoms with Crippen LogP contribution in [0.15, 0.2) is 42.5 Å². The summed E-state index contributed by atoms with van der Waals surface area (Å²) >= 11 is 0. The molecule has 0 aliphatic rings. The molecule has 0 aromatic heterocycles. The highest BCUT2D eigenvalue weighted by Crippen LogP contribution is 2.26. The molecule has 0 spiro atoms. The summed E-state index contributed by atoms with van der Waals surface area (Å²) in [5, 5.41) is 0. The van der Waals surface area contributed by atoms with Crippen LogP contribution in [0.1, 0.15) is 27.0 Å². The van der Waals surface area contributed by atoms with Crippen molar-refractivity contribution in [1.82, 2.24) is 0 Å². The van der Waals surface area contributed by atoms with Gasteiger partial charge in [0.2, 0.25) is 0 Å². The number of aryl methyl sites for hydroxylation is 1. The lowest BCUT2D eigenvalue weighted by Gasteiger charge is -2.13. The Hall–Kier alpha value is -2.09. The summed E-state index contributed by atoms with van der Waals surface area (Å²) in [6.45, 7) is 4.42. The Morgan fingerprint density at radius 3 is 2.44 bits per heavy atom. The average Bonchev–Trinajstić information content (AvgIpc) is 2.40. The summed E-state index contributed by atoms with van der Waals surface area (Å²) in [6.07, 6.45) is 0.865. The molecule has 0 atom stereocenters. The van der Waals surface area contributed by atoms with Gasteiger partial charge in [-0.2, -0.15) is 0 Å². The van der Waals surface area contributed by atoms with Crippen molar-refractivity contribution in [2.24, 2.45) is 0 Å². The number of hydrogen-bond donors (Lipinski definition) is 0. The Labute approximate surface area is 107 Å². The maximum absolute atomic E-state index is 10.9. The molecule has 2 heteroatoms. The van der Waals surface area contributed by atoms with E-state index in [0.717, 1.165) is 28.7 Å². The van der Waals surface area contributed by atoms with Crippen molar-refractivity contribution in [1.29, 1.82) is 0 Å². The van der Waals surface area contributed by atoms with E-state index in [2.05, 4.69) is 0 Å². The van der Waals surface area contributed by atoms with Crippen LogP contribution in [0.25, 0.3) is 0 Å². The minimum atomic E-state index is 0.519. The van der Waals surface area contributed by atoms with E-state index in [1.54, 1.807) is 0 Å². The minimum Gasteiger partial charge on any atom is -0.488 e. The predicted molar refractivity (Wildman–Crippen MR) is 72.1 cm³/mol. The zero-order valence-corrected chi connectivity index (χ0v) is 10.6. The molecular weight excluding hydrogens is 224 g/mol. The van der Waals surface area contributed by atoms with E-state index in [1.165, 1.54) is 0 Å². The highest BCUT2D eigenvalue weighted by Gasteiger charge is 2.08. The lowest BCUT2D eigenvalue weighted by molar-refractivity contribution is 0.112.